The highest BCUT2D eigenvalue weighted by Crippen LogP contribution is 2.46. The van der Waals surface area contributed by atoms with Gasteiger partial charge in [-0.1, -0.05) is 12.8 Å². The molecule has 2 heterocycles. The molecule has 2 unspecified atom stereocenters. The van der Waals surface area contributed by atoms with E-state index < -0.39 is 11.1 Å². The maximum absolute atomic E-state index is 13.8. The summed E-state index contributed by atoms with van der Waals surface area (Å²) in [5.74, 6) is 1.20. The Kier molecular flexibility index (Phi) is 6.69. The zero-order valence-electron chi connectivity index (χ0n) is 22.8. The molecule has 2 amide bonds. The van der Waals surface area contributed by atoms with Crippen LogP contribution in [0.4, 0.5) is 27.5 Å². The molecule has 1 aromatic heterocycles. The Morgan fingerprint density at radius 1 is 1.24 bits per heavy atom. The van der Waals surface area contributed by atoms with E-state index in [4.69, 9.17) is 9.72 Å². The lowest BCUT2D eigenvalue weighted by Gasteiger charge is -2.34. The largest absolute Gasteiger partial charge is 0.495 e. The number of fused-ring (bicyclic) bond motifs is 1. The minimum atomic E-state index is -1.18. The molecule has 2 aromatic rings. The first-order valence-corrected chi connectivity index (χ1v) is 13.3. The second-order valence-electron chi connectivity index (χ2n) is 11.6. The van der Waals surface area contributed by atoms with Gasteiger partial charge in [-0.25, -0.2) is 9.37 Å². The summed E-state index contributed by atoms with van der Waals surface area (Å²) in [4.78, 5) is 39.2. The molecule has 1 aromatic carbocycles. The van der Waals surface area contributed by atoms with E-state index >= 15 is 0 Å². The molecule has 3 aliphatic rings. The minimum absolute atomic E-state index is 0.0388. The van der Waals surface area contributed by atoms with Gasteiger partial charge in [0, 0.05) is 37.7 Å². The molecule has 0 saturated heterocycles. The molecule has 38 heavy (non-hydrogen) atoms. The number of carbonyl (C=O) groups excluding carboxylic acids is 2. The summed E-state index contributed by atoms with van der Waals surface area (Å²) < 4.78 is 19.4. The fourth-order valence-corrected chi connectivity index (χ4v) is 5.61. The number of hydrogen-bond acceptors (Lipinski definition) is 7. The molecule has 2 saturated carbocycles. The third-order valence-electron chi connectivity index (χ3n) is 8.15. The first kappa shape index (κ1) is 26.2. The van der Waals surface area contributed by atoms with Crippen molar-refractivity contribution in [3.05, 3.63) is 30.0 Å². The van der Waals surface area contributed by atoms with Crippen LogP contribution in [0.25, 0.3) is 0 Å². The molecule has 0 radical (unpaired) electrons. The quantitative estimate of drug-likeness (QED) is 0.552. The van der Waals surface area contributed by atoms with Crippen molar-refractivity contribution in [3.8, 4) is 5.75 Å². The van der Waals surface area contributed by atoms with E-state index in [1.54, 1.807) is 43.3 Å². The van der Waals surface area contributed by atoms with Crippen LogP contribution in [0, 0.1) is 11.3 Å². The standard InChI is InChI=1S/C28H37FN6O3/c1-27(2)16-35(19-8-6-7-9-19)23-21(34(4)25(27)37)15-31-26(33-23)32-20-11-10-17(12-22(20)38-5)24(36)30-14-18-13-28(18,3)29/h10-12,15,18-19H,6-9,13-14,16H2,1-5H3,(H,30,36)(H,31,32,33). The molecule has 2 atom stereocenters. The molecule has 2 fully saturated rings. The van der Waals surface area contributed by atoms with E-state index in [0.717, 1.165) is 18.7 Å². The number of methoxy groups -OCH3 is 1. The molecule has 2 N–H and O–H groups in total. The molecule has 5 rings (SSSR count). The molecule has 10 heteroatoms. The molecule has 0 bridgehead atoms. The van der Waals surface area contributed by atoms with Gasteiger partial charge in [-0.2, -0.15) is 4.98 Å². The number of alkyl halides is 1. The summed E-state index contributed by atoms with van der Waals surface area (Å²) in [7, 11) is 3.31. The number of ether oxygens (including phenoxy) is 1. The molecule has 2 aliphatic carbocycles. The number of aromatic nitrogens is 2. The number of benzene rings is 1. The van der Waals surface area contributed by atoms with Crippen LogP contribution in [0.2, 0.25) is 0 Å². The molecule has 9 nitrogen and oxygen atoms in total. The highest BCUT2D eigenvalue weighted by Gasteiger charge is 2.50. The molecule has 0 spiro atoms. The number of nitrogens with one attached hydrogen (secondary N) is 2. The zero-order valence-corrected chi connectivity index (χ0v) is 22.8. The van der Waals surface area contributed by atoms with E-state index in [9.17, 15) is 14.0 Å². The summed E-state index contributed by atoms with van der Waals surface area (Å²) in [6.07, 6.45) is 6.64. The number of halogens is 1. The second-order valence-corrected chi connectivity index (χ2v) is 11.6. The first-order chi connectivity index (χ1) is 18.0. The average molecular weight is 525 g/mol. The van der Waals surface area contributed by atoms with Crippen LogP contribution in [-0.2, 0) is 4.79 Å². The third kappa shape index (κ3) is 5.00. The number of carbonyl (C=O) groups is 2. The van der Waals surface area contributed by atoms with Crippen molar-refractivity contribution in [1.29, 1.82) is 0 Å². The number of rotatable bonds is 7. The second kappa shape index (κ2) is 9.71. The molecular formula is C28H37FN6O3. The summed E-state index contributed by atoms with van der Waals surface area (Å²) >= 11 is 0. The first-order valence-electron chi connectivity index (χ1n) is 13.3. The molecule has 1 aliphatic heterocycles. The van der Waals surface area contributed by atoms with Gasteiger partial charge < -0.3 is 25.2 Å². The summed E-state index contributed by atoms with van der Waals surface area (Å²) in [5, 5.41) is 6.04. The van der Waals surface area contributed by atoms with Gasteiger partial charge in [-0.15, -0.1) is 0 Å². The van der Waals surface area contributed by atoms with Crippen molar-refractivity contribution in [3.63, 3.8) is 0 Å². The van der Waals surface area contributed by atoms with Gasteiger partial charge >= 0.3 is 0 Å². The number of anilines is 4. The molecule has 204 valence electrons. The van der Waals surface area contributed by atoms with Gasteiger partial charge in [0.25, 0.3) is 5.91 Å². The Morgan fingerprint density at radius 2 is 1.95 bits per heavy atom. The fourth-order valence-electron chi connectivity index (χ4n) is 5.61. The van der Waals surface area contributed by atoms with Crippen molar-refractivity contribution in [2.75, 3.05) is 42.4 Å². The van der Waals surface area contributed by atoms with Crippen LogP contribution in [0.15, 0.2) is 24.4 Å². The van der Waals surface area contributed by atoms with Crippen LogP contribution in [0.1, 0.15) is 63.2 Å². The normalized spacial score (nSPS) is 24.6. The van der Waals surface area contributed by atoms with Gasteiger partial charge in [0.15, 0.2) is 5.82 Å². The third-order valence-corrected chi connectivity index (χ3v) is 8.15. The van der Waals surface area contributed by atoms with E-state index in [0.29, 0.717) is 54.2 Å². The van der Waals surface area contributed by atoms with Crippen molar-refractivity contribution in [1.82, 2.24) is 15.3 Å². The zero-order chi connectivity index (χ0) is 27.2. The Morgan fingerprint density at radius 3 is 2.61 bits per heavy atom. The van der Waals surface area contributed by atoms with Gasteiger partial charge in [0.1, 0.15) is 17.1 Å². The lowest BCUT2D eigenvalue weighted by atomic mass is 9.91. The SMILES string of the molecule is COc1cc(C(=O)NCC2CC2(C)F)ccc1Nc1ncc2c(n1)N(C1CCCC1)CC(C)(C)C(=O)N2C. The number of amides is 2. The topological polar surface area (TPSA) is 99.7 Å². The van der Waals surface area contributed by atoms with Crippen molar-refractivity contribution < 1.29 is 18.7 Å². The van der Waals surface area contributed by atoms with Crippen LogP contribution in [0.3, 0.4) is 0 Å². The fraction of sp³-hybridized carbons (Fsp3) is 0.571. The van der Waals surface area contributed by atoms with E-state index in [1.807, 2.05) is 13.8 Å². The van der Waals surface area contributed by atoms with Gasteiger partial charge in [-0.05, 0) is 58.2 Å². The van der Waals surface area contributed by atoms with Gasteiger partial charge in [-0.3, -0.25) is 9.59 Å². The lowest BCUT2D eigenvalue weighted by molar-refractivity contribution is -0.125. The number of nitrogens with zero attached hydrogens (tertiary/aromatic N) is 4. The van der Waals surface area contributed by atoms with Crippen LogP contribution >= 0.6 is 0 Å². The summed E-state index contributed by atoms with van der Waals surface area (Å²) in [6.45, 7) is 6.41. The van der Waals surface area contributed by atoms with E-state index in [1.165, 1.54) is 20.0 Å². The maximum atomic E-state index is 13.8. The highest BCUT2D eigenvalue weighted by atomic mass is 19.1. The van der Waals surface area contributed by atoms with Crippen LogP contribution < -0.4 is 25.2 Å². The van der Waals surface area contributed by atoms with Crippen molar-refractivity contribution >= 4 is 35.0 Å². The minimum Gasteiger partial charge on any atom is -0.495 e. The van der Waals surface area contributed by atoms with Gasteiger partial charge in [0.05, 0.1) is 24.4 Å². The Labute approximate surface area is 223 Å². The van der Waals surface area contributed by atoms with Crippen molar-refractivity contribution in [2.24, 2.45) is 11.3 Å². The van der Waals surface area contributed by atoms with E-state index in [2.05, 4.69) is 20.5 Å². The van der Waals surface area contributed by atoms with Crippen molar-refractivity contribution in [2.45, 2.75) is 64.6 Å². The molecular weight excluding hydrogens is 487 g/mol. The van der Waals surface area contributed by atoms with E-state index in [-0.39, 0.29) is 17.7 Å². The Balaban J connectivity index is 1.39. The van der Waals surface area contributed by atoms with Crippen LogP contribution in [-0.4, -0.2) is 60.7 Å². The number of hydrogen-bond donors (Lipinski definition) is 2. The Hall–Kier alpha value is -3.43. The predicted molar refractivity (Wildman–Crippen MR) is 145 cm³/mol. The summed E-state index contributed by atoms with van der Waals surface area (Å²) in [5.41, 5.74) is -0.0255. The Bertz CT molecular complexity index is 1240. The van der Waals surface area contributed by atoms with Crippen LogP contribution in [0.5, 0.6) is 5.75 Å². The van der Waals surface area contributed by atoms with Gasteiger partial charge in [0.2, 0.25) is 11.9 Å². The smallest absolute Gasteiger partial charge is 0.251 e. The average Bonchev–Trinajstić information content (AvgIpc) is 3.25. The predicted octanol–water partition coefficient (Wildman–Crippen LogP) is 4.46. The monoisotopic (exact) mass is 524 g/mol. The summed E-state index contributed by atoms with van der Waals surface area (Å²) in [6, 6.07) is 5.40. The highest BCUT2D eigenvalue weighted by molar-refractivity contribution is 6.01. The maximum Gasteiger partial charge on any atom is 0.251 e. The lowest BCUT2D eigenvalue weighted by Crippen LogP contribution is -2.45.